The van der Waals surface area contributed by atoms with Crippen molar-refractivity contribution in [2.24, 2.45) is 5.92 Å². The zero-order valence-corrected chi connectivity index (χ0v) is 15.8. The lowest BCUT2D eigenvalue weighted by Crippen LogP contribution is -2.44. The van der Waals surface area contributed by atoms with Gasteiger partial charge in [-0.25, -0.2) is 4.79 Å². The Morgan fingerprint density at radius 1 is 1.27 bits per heavy atom. The number of anilines is 1. The van der Waals surface area contributed by atoms with Gasteiger partial charge in [-0.3, -0.25) is 0 Å². The van der Waals surface area contributed by atoms with Crippen LogP contribution in [-0.4, -0.2) is 36.2 Å². The van der Waals surface area contributed by atoms with Crippen molar-refractivity contribution in [3.63, 3.8) is 0 Å². The zero-order valence-electron chi connectivity index (χ0n) is 15.8. The Hall–Kier alpha value is -2.43. The number of piperidine rings is 1. The molecule has 0 radical (unpaired) electrons. The predicted octanol–water partition coefficient (Wildman–Crippen LogP) is 5.01. The Balaban J connectivity index is 1.50. The summed E-state index contributed by atoms with van der Waals surface area (Å²) in [6, 6.07) is 12.1. The second-order valence-electron chi connectivity index (χ2n) is 7.87. The van der Waals surface area contributed by atoms with Crippen LogP contribution in [0.5, 0.6) is 0 Å². The molecule has 1 aliphatic heterocycles. The number of hydrogen-bond acceptors (Lipinski definition) is 4. The number of furan rings is 1. The van der Waals surface area contributed by atoms with Gasteiger partial charge < -0.3 is 19.4 Å². The number of ether oxygens (including phenoxy) is 1. The van der Waals surface area contributed by atoms with Gasteiger partial charge in [0.1, 0.15) is 11.4 Å². The highest BCUT2D eigenvalue weighted by molar-refractivity contribution is 5.68. The molecule has 3 rings (SSSR count). The summed E-state index contributed by atoms with van der Waals surface area (Å²) in [6.45, 7) is 8.08. The van der Waals surface area contributed by atoms with Crippen LogP contribution in [0.2, 0.25) is 0 Å². The molecule has 0 aliphatic carbocycles. The second kappa shape index (κ2) is 7.85. The number of rotatable bonds is 4. The van der Waals surface area contributed by atoms with Crippen molar-refractivity contribution in [3.05, 3.63) is 42.7 Å². The average Bonchev–Trinajstić information content (AvgIpc) is 3.14. The number of carbonyl (C=O) groups excluding carboxylic acids is 1. The fourth-order valence-electron chi connectivity index (χ4n) is 3.18. The first-order valence-corrected chi connectivity index (χ1v) is 9.26. The largest absolute Gasteiger partial charge is 0.464 e. The van der Waals surface area contributed by atoms with Crippen LogP contribution in [0.15, 0.2) is 47.1 Å². The van der Waals surface area contributed by atoms with Crippen molar-refractivity contribution in [1.82, 2.24) is 4.90 Å². The summed E-state index contributed by atoms with van der Waals surface area (Å²) in [4.78, 5) is 14.1. The molecule has 0 saturated carbocycles. The molecule has 1 unspecified atom stereocenters. The van der Waals surface area contributed by atoms with Gasteiger partial charge in [0.2, 0.25) is 0 Å². The van der Waals surface area contributed by atoms with Gasteiger partial charge in [-0.1, -0.05) is 0 Å². The van der Waals surface area contributed by atoms with E-state index in [0.29, 0.717) is 5.92 Å². The molecular formula is C21H28N2O3. The maximum absolute atomic E-state index is 12.3. The van der Waals surface area contributed by atoms with Crippen LogP contribution in [0.3, 0.4) is 0 Å². The summed E-state index contributed by atoms with van der Waals surface area (Å²) >= 11 is 0. The Morgan fingerprint density at radius 3 is 2.69 bits per heavy atom. The fraction of sp³-hybridized carbons (Fsp3) is 0.476. The highest BCUT2D eigenvalue weighted by Crippen LogP contribution is 2.23. The molecule has 5 nitrogen and oxygen atoms in total. The summed E-state index contributed by atoms with van der Waals surface area (Å²) in [5.74, 6) is 1.30. The molecule has 1 aromatic heterocycles. The lowest BCUT2D eigenvalue weighted by atomic mass is 9.98. The third-order valence-corrected chi connectivity index (χ3v) is 4.46. The van der Waals surface area contributed by atoms with E-state index in [4.69, 9.17) is 9.15 Å². The minimum absolute atomic E-state index is 0.204. The van der Waals surface area contributed by atoms with E-state index in [1.54, 1.807) is 6.26 Å². The molecule has 1 N–H and O–H groups in total. The number of carbonyl (C=O) groups is 1. The molecule has 2 aromatic rings. The van der Waals surface area contributed by atoms with E-state index in [9.17, 15) is 4.79 Å². The van der Waals surface area contributed by atoms with Gasteiger partial charge in [-0.05, 0) is 75.9 Å². The second-order valence-corrected chi connectivity index (χ2v) is 7.87. The third-order valence-electron chi connectivity index (χ3n) is 4.46. The Morgan fingerprint density at radius 2 is 2.04 bits per heavy atom. The van der Waals surface area contributed by atoms with E-state index < -0.39 is 5.60 Å². The molecule has 1 fully saturated rings. The van der Waals surface area contributed by atoms with E-state index in [0.717, 1.165) is 49.5 Å². The maximum Gasteiger partial charge on any atom is 0.410 e. The Kier molecular flexibility index (Phi) is 5.55. The smallest absolute Gasteiger partial charge is 0.410 e. The van der Waals surface area contributed by atoms with Crippen LogP contribution in [-0.2, 0) is 4.74 Å². The standard InChI is InChI=1S/C21H28N2O3/c1-21(2,3)26-20(24)23-12-4-6-16(15-23)14-22-18-10-8-17(9-11-18)19-7-5-13-25-19/h5,7-11,13,16,22H,4,6,12,14-15H2,1-3H3. The Labute approximate surface area is 155 Å². The van der Waals surface area contributed by atoms with Gasteiger partial charge in [-0.2, -0.15) is 0 Å². The van der Waals surface area contributed by atoms with Crippen LogP contribution in [0.1, 0.15) is 33.6 Å². The number of benzene rings is 1. The van der Waals surface area contributed by atoms with Gasteiger partial charge in [0.25, 0.3) is 0 Å². The quantitative estimate of drug-likeness (QED) is 0.837. The van der Waals surface area contributed by atoms with Crippen LogP contribution >= 0.6 is 0 Å². The SMILES string of the molecule is CC(C)(C)OC(=O)N1CCCC(CNc2ccc(-c3ccco3)cc2)C1. The van der Waals surface area contributed by atoms with Crippen molar-refractivity contribution in [2.45, 2.75) is 39.2 Å². The molecule has 1 amide bonds. The van der Waals surface area contributed by atoms with Gasteiger partial charge in [-0.15, -0.1) is 0 Å². The molecule has 2 heterocycles. The van der Waals surface area contributed by atoms with E-state index in [1.807, 2.05) is 37.8 Å². The van der Waals surface area contributed by atoms with Crippen molar-refractivity contribution in [3.8, 4) is 11.3 Å². The van der Waals surface area contributed by atoms with E-state index >= 15 is 0 Å². The van der Waals surface area contributed by atoms with Crippen LogP contribution < -0.4 is 5.32 Å². The summed E-state index contributed by atoms with van der Waals surface area (Å²) in [5.41, 5.74) is 1.70. The molecule has 26 heavy (non-hydrogen) atoms. The molecule has 5 heteroatoms. The first-order chi connectivity index (χ1) is 12.4. The number of nitrogens with zero attached hydrogens (tertiary/aromatic N) is 1. The molecule has 1 atom stereocenters. The maximum atomic E-state index is 12.3. The van der Waals surface area contributed by atoms with E-state index in [2.05, 4.69) is 29.6 Å². The average molecular weight is 356 g/mol. The normalized spacial score (nSPS) is 17.8. The molecule has 1 aliphatic rings. The molecule has 0 spiro atoms. The molecule has 140 valence electrons. The molecule has 0 bridgehead atoms. The number of hydrogen-bond donors (Lipinski definition) is 1. The van der Waals surface area contributed by atoms with Gasteiger partial charge in [0.05, 0.1) is 6.26 Å². The van der Waals surface area contributed by atoms with Crippen molar-refractivity contribution in [1.29, 1.82) is 0 Å². The summed E-state index contributed by atoms with van der Waals surface area (Å²) in [7, 11) is 0. The van der Waals surface area contributed by atoms with Crippen molar-refractivity contribution < 1.29 is 13.9 Å². The van der Waals surface area contributed by atoms with E-state index in [-0.39, 0.29) is 6.09 Å². The lowest BCUT2D eigenvalue weighted by Gasteiger charge is -2.34. The topological polar surface area (TPSA) is 54.7 Å². The van der Waals surface area contributed by atoms with E-state index in [1.165, 1.54) is 0 Å². The summed E-state index contributed by atoms with van der Waals surface area (Å²) < 4.78 is 10.9. The minimum atomic E-state index is -0.446. The zero-order chi connectivity index (χ0) is 18.6. The Bertz CT molecular complexity index is 702. The first-order valence-electron chi connectivity index (χ1n) is 9.26. The highest BCUT2D eigenvalue weighted by Gasteiger charge is 2.27. The van der Waals surface area contributed by atoms with Gasteiger partial charge >= 0.3 is 6.09 Å². The molecule has 1 saturated heterocycles. The lowest BCUT2D eigenvalue weighted by molar-refractivity contribution is 0.0172. The highest BCUT2D eigenvalue weighted by atomic mass is 16.6. The van der Waals surface area contributed by atoms with Gasteiger partial charge in [0.15, 0.2) is 0 Å². The van der Waals surface area contributed by atoms with Crippen LogP contribution in [0.4, 0.5) is 10.5 Å². The molecular weight excluding hydrogens is 328 g/mol. The van der Waals surface area contributed by atoms with Crippen molar-refractivity contribution >= 4 is 11.8 Å². The fourth-order valence-corrected chi connectivity index (χ4v) is 3.18. The third kappa shape index (κ3) is 5.04. The first kappa shape index (κ1) is 18.4. The minimum Gasteiger partial charge on any atom is -0.464 e. The summed E-state index contributed by atoms with van der Waals surface area (Å²) in [5, 5.41) is 3.49. The van der Waals surface area contributed by atoms with Crippen molar-refractivity contribution in [2.75, 3.05) is 25.0 Å². The molecule has 1 aromatic carbocycles. The van der Waals surface area contributed by atoms with Crippen LogP contribution in [0.25, 0.3) is 11.3 Å². The van der Waals surface area contributed by atoms with Gasteiger partial charge in [0, 0.05) is 30.9 Å². The van der Waals surface area contributed by atoms with Crippen LogP contribution in [0, 0.1) is 5.92 Å². The number of nitrogens with one attached hydrogen (secondary N) is 1. The number of likely N-dealkylation sites (tertiary alicyclic amines) is 1. The predicted molar refractivity (Wildman–Crippen MR) is 103 cm³/mol. The monoisotopic (exact) mass is 356 g/mol. The number of amides is 1. The summed E-state index contributed by atoms with van der Waals surface area (Å²) in [6.07, 6.45) is 3.62.